The molecule has 0 atom stereocenters. The van der Waals surface area contributed by atoms with Crippen LogP contribution in [0.2, 0.25) is 0 Å². The highest BCUT2D eigenvalue weighted by Crippen LogP contribution is 2.31. The number of hydrogen-bond donors (Lipinski definition) is 0. The molecule has 0 unspecified atom stereocenters. The van der Waals surface area contributed by atoms with Crippen LogP contribution < -0.4 is 4.74 Å². The smallest absolute Gasteiger partial charge is 0.201 e. The van der Waals surface area contributed by atoms with Gasteiger partial charge in [-0.3, -0.25) is 0 Å². The third-order valence-electron chi connectivity index (χ3n) is 5.61. The molecule has 4 rings (SSSR count). The third-order valence-corrected chi connectivity index (χ3v) is 5.61. The Hall–Kier alpha value is -3.60. The van der Waals surface area contributed by atoms with Gasteiger partial charge in [0.25, 0.3) is 0 Å². The monoisotopic (exact) mass is 450 g/mol. The first kappa shape index (κ1) is 22.6. The Morgan fingerprint density at radius 2 is 1.15 bits per heavy atom. The summed E-state index contributed by atoms with van der Waals surface area (Å²) in [6.45, 7) is 3.67. The molecule has 0 spiro atoms. The zero-order valence-electron chi connectivity index (χ0n) is 18.3. The number of ether oxygens (including phenoxy) is 1. The second-order valence-electron chi connectivity index (χ2n) is 7.84. The van der Waals surface area contributed by atoms with Crippen molar-refractivity contribution in [3.63, 3.8) is 0 Å². The number of aryl methyl sites for hydroxylation is 2. The highest BCUT2D eigenvalue weighted by Gasteiger charge is 2.17. The van der Waals surface area contributed by atoms with Crippen LogP contribution in [0.15, 0.2) is 72.8 Å². The summed E-state index contributed by atoms with van der Waals surface area (Å²) in [7, 11) is 0. The molecule has 0 saturated heterocycles. The summed E-state index contributed by atoms with van der Waals surface area (Å²) in [5.74, 6) is -3.95. The van der Waals surface area contributed by atoms with E-state index < -0.39 is 23.3 Å². The van der Waals surface area contributed by atoms with Crippen molar-refractivity contribution in [3.05, 3.63) is 113 Å². The van der Waals surface area contributed by atoms with Crippen LogP contribution in [0.1, 0.15) is 23.6 Å². The molecule has 0 saturated carbocycles. The van der Waals surface area contributed by atoms with E-state index in [9.17, 15) is 17.6 Å². The van der Waals surface area contributed by atoms with Crippen molar-refractivity contribution >= 4 is 0 Å². The minimum absolute atomic E-state index is 0.00780. The molecular weight excluding hydrogens is 428 g/mol. The van der Waals surface area contributed by atoms with Crippen molar-refractivity contribution in [2.24, 2.45) is 0 Å². The highest BCUT2D eigenvalue weighted by atomic mass is 19.2. The van der Waals surface area contributed by atoms with Gasteiger partial charge < -0.3 is 4.74 Å². The molecule has 33 heavy (non-hydrogen) atoms. The maximum absolute atomic E-state index is 14.6. The van der Waals surface area contributed by atoms with E-state index in [2.05, 4.69) is 0 Å². The summed E-state index contributed by atoms with van der Waals surface area (Å²) in [5, 5.41) is 0. The van der Waals surface area contributed by atoms with Gasteiger partial charge in [0.2, 0.25) is 5.82 Å². The summed E-state index contributed by atoms with van der Waals surface area (Å²) in [6, 6.07) is 19.8. The molecule has 0 aliphatic heterocycles. The summed E-state index contributed by atoms with van der Waals surface area (Å²) >= 11 is 0. The maximum atomic E-state index is 14.6. The van der Waals surface area contributed by atoms with Crippen molar-refractivity contribution in [1.82, 2.24) is 0 Å². The van der Waals surface area contributed by atoms with Crippen LogP contribution >= 0.6 is 0 Å². The zero-order valence-corrected chi connectivity index (χ0v) is 18.3. The van der Waals surface area contributed by atoms with E-state index in [4.69, 9.17) is 4.74 Å². The fourth-order valence-corrected chi connectivity index (χ4v) is 3.63. The average Bonchev–Trinajstić information content (AvgIpc) is 2.83. The van der Waals surface area contributed by atoms with E-state index in [0.29, 0.717) is 28.7 Å². The van der Waals surface area contributed by atoms with Crippen LogP contribution in [0, 0.1) is 30.2 Å². The zero-order chi connectivity index (χ0) is 23.5. The Balaban J connectivity index is 1.49. The molecule has 0 radical (unpaired) electrons. The van der Waals surface area contributed by atoms with Gasteiger partial charge in [-0.15, -0.1) is 0 Å². The lowest BCUT2D eigenvalue weighted by Crippen LogP contribution is -2.00. The van der Waals surface area contributed by atoms with Gasteiger partial charge in [-0.2, -0.15) is 4.39 Å². The molecular formula is C28H22F4O. The molecule has 0 amide bonds. The van der Waals surface area contributed by atoms with E-state index in [1.807, 2.05) is 19.1 Å². The van der Waals surface area contributed by atoms with Crippen LogP contribution in [0.4, 0.5) is 17.6 Å². The second kappa shape index (κ2) is 9.49. The second-order valence-corrected chi connectivity index (χ2v) is 7.84. The van der Waals surface area contributed by atoms with Gasteiger partial charge in [0.1, 0.15) is 6.61 Å². The van der Waals surface area contributed by atoms with Crippen LogP contribution in [-0.2, 0) is 13.0 Å². The van der Waals surface area contributed by atoms with E-state index in [-0.39, 0.29) is 23.5 Å². The lowest BCUT2D eigenvalue weighted by Gasteiger charge is -2.12. The van der Waals surface area contributed by atoms with E-state index in [1.165, 1.54) is 12.1 Å². The first-order valence-electron chi connectivity index (χ1n) is 10.6. The largest absolute Gasteiger partial charge is 0.486 e. The summed E-state index contributed by atoms with van der Waals surface area (Å²) in [6.07, 6.45) is 0.405. The lowest BCUT2D eigenvalue weighted by molar-refractivity contribution is 0.285. The first-order chi connectivity index (χ1) is 15.9. The Morgan fingerprint density at radius 1 is 0.606 bits per heavy atom. The quantitative estimate of drug-likeness (QED) is 0.270. The van der Waals surface area contributed by atoms with E-state index >= 15 is 0 Å². The van der Waals surface area contributed by atoms with Gasteiger partial charge in [0.05, 0.1) is 0 Å². The number of halogens is 4. The Labute approximate surface area is 190 Å². The average molecular weight is 450 g/mol. The number of hydrogen-bond acceptors (Lipinski definition) is 1. The molecule has 4 aromatic carbocycles. The van der Waals surface area contributed by atoms with Gasteiger partial charge in [-0.05, 0) is 47.7 Å². The van der Waals surface area contributed by atoms with Crippen LogP contribution in [0.3, 0.4) is 0 Å². The van der Waals surface area contributed by atoms with Crippen molar-refractivity contribution in [1.29, 1.82) is 0 Å². The molecule has 0 heterocycles. The van der Waals surface area contributed by atoms with Crippen LogP contribution in [0.5, 0.6) is 5.75 Å². The summed E-state index contributed by atoms with van der Waals surface area (Å²) in [4.78, 5) is 0. The molecule has 0 N–H and O–H groups in total. The Kier molecular flexibility index (Phi) is 6.50. The molecule has 0 aliphatic carbocycles. The minimum atomic E-state index is -1.06. The van der Waals surface area contributed by atoms with Crippen molar-refractivity contribution < 1.29 is 22.3 Å². The van der Waals surface area contributed by atoms with Gasteiger partial charge in [0, 0.05) is 11.1 Å². The molecule has 0 bridgehead atoms. The molecule has 0 aromatic heterocycles. The normalized spacial score (nSPS) is 11.0. The summed E-state index contributed by atoms with van der Waals surface area (Å²) < 4.78 is 63.2. The fourth-order valence-electron chi connectivity index (χ4n) is 3.63. The van der Waals surface area contributed by atoms with Crippen molar-refractivity contribution in [2.75, 3.05) is 0 Å². The van der Waals surface area contributed by atoms with Gasteiger partial charge in [-0.25, -0.2) is 13.2 Å². The molecule has 0 fully saturated rings. The van der Waals surface area contributed by atoms with E-state index in [1.54, 1.807) is 55.5 Å². The van der Waals surface area contributed by atoms with Gasteiger partial charge in [0.15, 0.2) is 23.2 Å². The predicted octanol–water partition coefficient (Wildman–Crippen LogP) is 8.03. The lowest BCUT2D eigenvalue weighted by atomic mass is 10.0. The SMILES string of the molecule is CCc1ccc(-c2ccc(COc3ccc(-c4ccc(C)cc4)c(F)c3F)cc2)c(F)c1F. The molecule has 5 heteroatoms. The van der Waals surface area contributed by atoms with Crippen molar-refractivity contribution in [3.8, 4) is 28.0 Å². The van der Waals surface area contributed by atoms with Crippen molar-refractivity contribution in [2.45, 2.75) is 26.9 Å². The third kappa shape index (κ3) is 4.63. The number of rotatable bonds is 6. The molecule has 0 aliphatic rings. The fraction of sp³-hybridized carbons (Fsp3) is 0.143. The summed E-state index contributed by atoms with van der Waals surface area (Å²) in [5.41, 5.74) is 3.43. The Bertz CT molecular complexity index is 1280. The number of benzene rings is 4. The maximum Gasteiger partial charge on any atom is 0.201 e. The van der Waals surface area contributed by atoms with E-state index in [0.717, 1.165) is 5.56 Å². The Morgan fingerprint density at radius 3 is 1.76 bits per heavy atom. The minimum Gasteiger partial charge on any atom is -0.486 e. The first-order valence-corrected chi connectivity index (χ1v) is 10.6. The molecule has 168 valence electrons. The van der Waals surface area contributed by atoms with Crippen LogP contribution in [0.25, 0.3) is 22.3 Å². The van der Waals surface area contributed by atoms with Gasteiger partial charge >= 0.3 is 0 Å². The standard InChI is InChI=1S/C28H22F4O/c1-3-19-12-13-22(26(30)25(19)29)21-10-6-18(7-11-21)16-33-24-15-14-23(27(31)28(24)32)20-8-4-17(2)5-9-20/h4-15H,3,16H2,1-2H3. The molecule has 1 nitrogen and oxygen atoms in total. The molecule has 4 aromatic rings. The van der Waals surface area contributed by atoms with Gasteiger partial charge in [-0.1, -0.05) is 73.2 Å². The predicted molar refractivity (Wildman–Crippen MR) is 122 cm³/mol. The topological polar surface area (TPSA) is 9.23 Å². The van der Waals surface area contributed by atoms with Crippen LogP contribution in [-0.4, -0.2) is 0 Å². The highest BCUT2D eigenvalue weighted by molar-refractivity contribution is 5.66.